The molecule has 0 radical (unpaired) electrons. The van der Waals surface area contributed by atoms with Crippen LogP contribution in [0.15, 0.2) is 12.1 Å². The van der Waals surface area contributed by atoms with Crippen LogP contribution in [0.3, 0.4) is 0 Å². The number of carbonyl (C=O) groups excluding carboxylic acids is 2. The van der Waals surface area contributed by atoms with E-state index in [1.54, 1.807) is 9.48 Å². The monoisotopic (exact) mass is 459 g/mol. The van der Waals surface area contributed by atoms with Crippen LogP contribution in [0, 0.1) is 0 Å². The molecular formula is C21H27N4O4SSi+. The van der Waals surface area contributed by atoms with E-state index >= 15 is 0 Å². The average Bonchev–Trinajstić information content (AvgIpc) is 3.35. The van der Waals surface area contributed by atoms with Crippen molar-refractivity contribution in [1.82, 2.24) is 10.3 Å². The van der Waals surface area contributed by atoms with Crippen molar-refractivity contribution < 1.29 is 23.6 Å². The smallest absolute Gasteiger partial charge is 0.493 e. The fraction of sp³-hybridized carbons (Fsp3) is 0.524. The molecule has 2 atom stereocenters. The quantitative estimate of drug-likeness (QED) is 0.521. The Morgan fingerprint density at radius 1 is 1.45 bits per heavy atom. The van der Waals surface area contributed by atoms with Crippen LogP contribution in [0.25, 0.3) is 10.2 Å². The lowest BCUT2D eigenvalue weighted by Crippen LogP contribution is -2.63. The summed E-state index contributed by atoms with van der Waals surface area (Å²) in [6.07, 6.45) is 1.14. The lowest BCUT2D eigenvalue weighted by atomic mass is 9.96. The van der Waals surface area contributed by atoms with Gasteiger partial charge in [-0.15, -0.1) is 4.58 Å². The molecule has 2 aromatic rings. The molecule has 31 heavy (non-hydrogen) atoms. The van der Waals surface area contributed by atoms with Gasteiger partial charge >= 0.3 is 12.1 Å². The molecule has 4 heterocycles. The molecule has 3 aliphatic heterocycles. The van der Waals surface area contributed by atoms with Crippen LogP contribution in [0.2, 0.25) is 0 Å². The fourth-order valence-electron chi connectivity index (χ4n) is 4.74. The number of ether oxygens (including phenoxy) is 2. The van der Waals surface area contributed by atoms with Crippen LogP contribution in [0.4, 0.5) is 14.7 Å². The molecule has 10 heteroatoms. The van der Waals surface area contributed by atoms with Crippen molar-refractivity contribution in [2.45, 2.75) is 57.3 Å². The summed E-state index contributed by atoms with van der Waals surface area (Å²) >= 11 is 1.53. The molecule has 1 aromatic carbocycles. The van der Waals surface area contributed by atoms with E-state index < -0.39 is 10.8 Å². The third-order valence-electron chi connectivity index (χ3n) is 6.39. The van der Waals surface area contributed by atoms with Gasteiger partial charge in [-0.05, 0) is 32.9 Å². The molecule has 1 fully saturated rings. The van der Waals surface area contributed by atoms with Gasteiger partial charge in [0.05, 0.1) is 33.1 Å². The zero-order chi connectivity index (χ0) is 22.1. The number of nitrogens with zero attached hydrogens (tertiary/aromatic N) is 3. The number of hydrogen-bond donors (Lipinski definition) is 1. The van der Waals surface area contributed by atoms with E-state index in [1.807, 2.05) is 39.8 Å². The Bertz CT molecular complexity index is 1150. The zero-order valence-corrected chi connectivity index (χ0v) is 21.3. The Kier molecular flexibility index (Phi) is 4.46. The molecule has 0 aliphatic carbocycles. The fourth-order valence-corrected chi connectivity index (χ4v) is 6.81. The first-order valence-electron chi connectivity index (χ1n) is 10.6. The second-order valence-electron chi connectivity index (χ2n) is 9.51. The molecule has 0 spiro atoms. The van der Waals surface area contributed by atoms with Crippen LogP contribution in [-0.4, -0.2) is 67.6 Å². The average molecular weight is 460 g/mol. The molecule has 1 N–H and O–H groups in total. The van der Waals surface area contributed by atoms with Crippen molar-refractivity contribution >= 4 is 54.8 Å². The number of carbonyl (C=O) groups is 2. The molecule has 164 valence electrons. The van der Waals surface area contributed by atoms with Crippen molar-refractivity contribution in [1.29, 1.82) is 0 Å². The molecular weight excluding hydrogens is 432 g/mol. The highest BCUT2D eigenvalue weighted by atomic mass is 32.1. The van der Waals surface area contributed by atoms with Crippen LogP contribution in [0.1, 0.15) is 39.7 Å². The standard InChI is InChI=1S/C21H26N4O4SSi/c1-11-21(31)15(7-9-24(11)19(27)29-20(2,3)4)25(17(26)23-21)18-22-16-12-8-10-28-13(12)5-6-14(16)30-18/h5-6,15H,7-10H2,1-4,31H3/p+1/t15-,21-/m1/s1. The van der Waals surface area contributed by atoms with Gasteiger partial charge < -0.3 is 14.8 Å². The van der Waals surface area contributed by atoms with Gasteiger partial charge in [0.25, 0.3) is 0 Å². The zero-order valence-electron chi connectivity index (χ0n) is 18.4. The van der Waals surface area contributed by atoms with Crippen molar-refractivity contribution in [2.24, 2.45) is 0 Å². The third-order valence-corrected chi connectivity index (χ3v) is 9.05. The number of fused-ring (bicyclic) bond motifs is 4. The van der Waals surface area contributed by atoms with Crippen LogP contribution in [0.5, 0.6) is 5.75 Å². The van der Waals surface area contributed by atoms with Crippen LogP contribution < -0.4 is 15.0 Å². The summed E-state index contributed by atoms with van der Waals surface area (Å²) < 4.78 is 14.0. The van der Waals surface area contributed by atoms with Crippen molar-refractivity contribution in [3.8, 4) is 5.75 Å². The first-order valence-corrected chi connectivity index (χ1v) is 12.4. The highest BCUT2D eigenvalue weighted by Gasteiger charge is 2.58. The minimum Gasteiger partial charge on any atom is -0.493 e. The second kappa shape index (κ2) is 6.77. The van der Waals surface area contributed by atoms with Gasteiger partial charge in [0.2, 0.25) is 0 Å². The number of aromatic nitrogens is 1. The molecule has 5 rings (SSSR count). The maximum absolute atomic E-state index is 13.1. The maximum atomic E-state index is 13.1. The van der Waals surface area contributed by atoms with Crippen molar-refractivity contribution in [3.05, 3.63) is 17.7 Å². The highest BCUT2D eigenvalue weighted by Crippen LogP contribution is 2.41. The highest BCUT2D eigenvalue weighted by molar-refractivity contribution is 7.22. The van der Waals surface area contributed by atoms with Gasteiger partial charge in [0.15, 0.2) is 17.4 Å². The van der Waals surface area contributed by atoms with Gasteiger partial charge in [-0.2, -0.15) is 4.79 Å². The maximum Gasteiger partial charge on any atom is 0.596 e. The number of nitrogens with one attached hydrogen (secondary N) is 1. The van der Waals surface area contributed by atoms with Crippen LogP contribution in [-0.2, 0) is 11.2 Å². The number of benzene rings is 1. The molecule has 0 bridgehead atoms. The van der Waals surface area contributed by atoms with E-state index in [-0.39, 0.29) is 18.2 Å². The molecule has 1 aromatic heterocycles. The number of anilines is 1. The van der Waals surface area contributed by atoms with Crippen molar-refractivity contribution in [2.75, 3.05) is 18.1 Å². The topological polar surface area (TPSA) is 83.8 Å². The Labute approximate surface area is 187 Å². The predicted octanol–water partition coefficient (Wildman–Crippen LogP) is 2.00. The summed E-state index contributed by atoms with van der Waals surface area (Å²) in [4.78, 5) is 32.6. The van der Waals surface area contributed by atoms with Crippen LogP contribution >= 0.6 is 11.3 Å². The molecule has 8 nitrogen and oxygen atoms in total. The summed E-state index contributed by atoms with van der Waals surface area (Å²) in [7, 11) is 0.660. The minimum atomic E-state index is -0.567. The summed E-state index contributed by atoms with van der Waals surface area (Å²) in [5, 5.41) is 3.34. The van der Waals surface area contributed by atoms with E-state index in [0.717, 1.165) is 33.7 Å². The predicted molar refractivity (Wildman–Crippen MR) is 123 cm³/mol. The molecule has 3 aliphatic rings. The van der Waals surface area contributed by atoms with Gasteiger partial charge in [-0.3, -0.25) is 4.90 Å². The summed E-state index contributed by atoms with van der Waals surface area (Å²) in [6.45, 7) is 8.68. The number of thiazole rings is 1. The van der Waals surface area contributed by atoms with E-state index in [0.29, 0.717) is 34.9 Å². The Morgan fingerprint density at radius 3 is 2.97 bits per heavy atom. The van der Waals surface area contributed by atoms with E-state index in [2.05, 4.69) is 5.32 Å². The van der Waals surface area contributed by atoms with Gasteiger partial charge in [-0.25, -0.2) is 9.78 Å². The van der Waals surface area contributed by atoms with Crippen molar-refractivity contribution in [3.63, 3.8) is 0 Å². The molecule has 0 unspecified atom stereocenters. The van der Waals surface area contributed by atoms with E-state index in [1.165, 1.54) is 11.3 Å². The molecule has 3 amide bonds. The van der Waals surface area contributed by atoms with E-state index in [9.17, 15) is 9.59 Å². The summed E-state index contributed by atoms with van der Waals surface area (Å²) in [6, 6.07) is 3.78. The Hall–Kier alpha value is -2.46. The number of rotatable bonds is 1. The summed E-state index contributed by atoms with van der Waals surface area (Å²) in [5.41, 5.74) is 2.33. The van der Waals surface area contributed by atoms with Gasteiger partial charge in [-0.1, -0.05) is 11.3 Å². The normalized spacial score (nSPS) is 25.5. The third kappa shape index (κ3) is 3.15. The van der Waals surface area contributed by atoms with Gasteiger partial charge in [0.1, 0.15) is 16.5 Å². The molecule has 1 saturated heterocycles. The largest absolute Gasteiger partial charge is 0.596 e. The number of urea groups is 1. The SMILES string of the molecule is CC1=[N+](C(=O)OC(C)(C)C)CC[C@H]2N(c3nc4c5c(ccc4s3)OCC5)C(=O)N[C@@]12[SiH3]. The lowest BCUT2D eigenvalue weighted by molar-refractivity contribution is -0.459. The van der Waals surface area contributed by atoms with Gasteiger partial charge in [0, 0.05) is 25.3 Å². The summed E-state index contributed by atoms with van der Waals surface area (Å²) in [5.74, 6) is 0.891. The first kappa shape index (κ1) is 20.4. The molecule has 0 saturated carbocycles. The second-order valence-corrected chi connectivity index (χ2v) is 12.1. The number of amides is 3. The minimum absolute atomic E-state index is 0.0739. The lowest BCUT2D eigenvalue weighted by Gasteiger charge is -2.34. The Balaban J connectivity index is 1.51. The first-order chi connectivity index (χ1) is 14.6. The Morgan fingerprint density at radius 2 is 2.23 bits per heavy atom. The number of hydrogen-bond acceptors (Lipinski definition) is 6. The van der Waals surface area contributed by atoms with E-state index in [4.69, 9.17) is 14.5 Å².